The number of nitrogens with one attached hydrogen (secondary N) is 2. The van der Waals surface area contributed by atoms with Crippen LogP contribution in [0.25, 0.3) is 10.9 Å². The quantitative estimate of drug-likeness (QED) is 0.631. The van der Waals surface area contributed by atoms with E-state index in [9.17, 15) is 18.0 Å². The van der Waals surface area contributed by atoms with Crippen molar-refractivity contribution < 1.29 is 13.2 Å². The number of anilines is 1. The molecule has 30 heavy (non-hydrogen) atoms. The first-order valence-electron chi connectivity index (χ1n) is 9.67. The highest BCUT2D eigenvalue weighted by molar-refractivity contribution is 7.92. The molecule has 1 atom stereocenters. The minimum absolute atomic E-state index is 0.0241. The van der Waals surface area contributed by atoms with E-state index in [1.54, 1.807) is 18.2 Å². The van der Waals surface area contributed by atoms with E-state index in [1.165, 1.54) is 35.7 Å². The molecule has 0 radical (unpaired) electrons. The molecule has 1 heterocycles. The van der Waals surface area contributed by atoms with Crippen LogP contribution in [0, 0.1) is 6.92 Å². The number of benzene rings is 2. The Balaban J connectivity index is 2.06. The fraction of sp³-hybridized carbons (Fsp3) is 0.273. The number of pyridine rings is 1. The summed E-state index contributed by atoms with van der Waals surface area (Å²) in [6.07, 6.45) is 2.08. The highest BCUT2D eigenvalue weighted by Gasteiger charge is 2.23. The van der Waals surface area contributed by atoms with Gasteiger partial charge in [-0.1, -0.05) is 19.1 Å². The zero-order valence-corrected chi connectivity index (χ0v) is 18.2. The number of carbonyl (C=O) groups is 1. The van der Waals surface area contributed by atoms with Gasteiger partial charge in [-0.05, 0) is 56.2 Å². The SMILES string of the molecule is CC[C@H](C)NC(=O)c1c[nH]c2ccc(S(=O)(=O)N(C)c3cccc(C)c3)cc2c1=O. The molecule has 0 saturated carbocycles. The van der Waals surface area contributed by atoms with E-state index in [4.69, 9.17) is 0 Å². The topological polar surface area (TPSA) is 99.3 Å². The summed E-state index contributed by atoms with van der Waals surface area (Å²) in [4.78, 5) is 28.2. The third-order valence-corrected chi connectivity index (χ3v) is 6.89. The van der Waals surface area contributed by atoms with Crippen molar-refractivity contribution in [1.82, 2.24) is 10.3 Å². The van der Waals surface area contributed by atoms with Crippen LogP contribution in [0.2, 0.25) is 0 Å². The van der Waals surface area contributed by atoms with Gasteiger partial charge in [0.1, 0.15) is 5.56 Å². The number of H-pyrrole nitrogens is 1. The summed E-state index contributed by atoms with van der Waals surface area (Å²) in [5.41, 5.74) is 1.34. The molecule has 0 spiro atoms. The van der Waals surface area contributed by atoms with Gasteiger partial charge in [-0.15, -0.1) is 0 Å². The molecule has 0 aliphatic carbocycles. The molecule has 2 N–H and O–H groups in total. The highest BCUT2D eigenvalue weighted by atomic mass is 32.2. The lowest BCUT2D eigenvalue weighted by molar-refractivity contribution is 0.0938. The number of aromatic amines is 1. The van der Waals surface area contributed by atoms with Crippen LogP contribution in [-0.4, -0.2) is 32.4 Å². The summed E-state index contributed by atoms with van der Waals surface area (Å²) >= 11 is 0. The molecule has 0 saturated heterocycles. The summed E-state index contributed by atoms with van der Waals surface area (Å²) in [5, 5.41) is 2.90. The van der Waals surface area contributed by atoms with Crippen LogP contribution in [0.15, 0.2) is 58.4 Å². The van der Waals surface area contributed by atoms with Crippen molar-refractivity contribution in [2.24, 2.45) is 0 Å². The van der Waals surface area contributed by atoms with Gasteiger partial charge >= 0.3 is 0 Å². The number of fused-ring (bicyclic) bond motifs is 1. The predicted octanol–water partition coefficient (Wildman–Crippen LogP) is 3.19. The normalized spacial score (nSPS) is 12.5. The monoisotopic (exact) mass is 427 g/mol. The molecule has 0 bridgehead atoms. The molecule has 7 nitrogen and oxygen atoms in total. The Kier molecular flexibility index (Phi) is 5.98. The first kappa shape index (κ1) is 21.6. The second kappa shape index (κ2) is 8.31. The molecular weight excluding hydrogens is 402 g/mol. The maximum absolute atomic E-state index is 13.1. The average Bonchev–Trinajstić information content (AvgIpc) is 2.73. The second-order valence-electron chi connectivity index (χ2n) is 7.33. The minimum atomic E-state index is -3.89. The van der Waals surface area contributed by atoms with E-state index in [0.29, 0.717) is 11.2 Å². The molecule has 1 amide bonds. The zero-order valence-electron chi connectivity index (χ0n) is 17.4. The Hall–Kier alpha value is -3.13. The van der Waals surface area contributed by atoms with Crippen LogP contribution in [-0.2, 0) is 10.0 Å². The molecule has 1 aromatic heterocycles. The standard InChI is InChI=1S/C22H25N3O4S/c1-5-15(3)24-22(27)19-13-23-20-10-9-17(12-18(20)21(19)26)30(28,29)25(4)16-8-6-7-14(2)11-16/h6-13,15H,5H2,1-4H3,(H,23,26)(H,24,27)/t15-/m0/s1. The van der Waals surface area contributed by atoms with E-state index >= 15 is 0 Å². The third-order valence-electron chi connectivity index (χ3n) is 5.11. The Labute approximate surface area is 175 Å². The molecule has 158 valence electrons. The number of amides is 1. The minimum Gasteiger partial charge on any atom is -0.360 e. The zero-order chi connectivity index (χ0) is 22.1. The molecule has 0 fully saturated rings. The molecule has 0 unspecified atom stereocenters. The first-order chi connectivity index (χ1) is 14.1. The fourth-order valence-electron chi connectivity index (χ4n) is 3.05. The Morgan fingerprint density at radius 2 is 1.93 bits per heavy atom. The van der Waals surface area contributed by atoms with Gasteiger partial charge in [0.25, 0.3) is 15.9 Å². The van der Waals surface area contributed by atoms with E-state index in [1.807, 2.05) is 26.8 Å². The van der Waals surface area contributed by atoms with Gasteiger partial charge in [0.05, 0.1) is 10.6 Å². The number of hydrogen-bond donors (Lipinski definition) is 2. The van der Waals surface area contributed by atoms with Gasteiger partial charge in [-0.2, -0.15) is 0 Å². The summed E-state index contributed by atoms with van der Waals surface area (Å²) in [6, 6.07) is 11.3. The van der Waals surface area contributed by atoms with Crippen molar-refractivity contribution in [2.75, 3.05) is 11.4 Å². The van der Waals surface area contributed by atoms with Crippen molar-refractivity contribution in [3.05, 3.63) is 70.0 Å². The van der Waals surface area contributed by atoms with Gasteiger partial charge in [-0.3, -0.25) is 13.9 Å². The number of carbonyl (C=O) groups excluding carboxylic acids is 1. The van der Waals surface area contributed by atoms with Crippen LogP contribution in [0.5, 0.6) is 0 Å². The Bertz CT molecular complexity index is 1260. The van der Waals surface area contributed by atoms with Gasteiger partial charge < -0.3 is 10.3 Å². The number of sulfonamides is 1. The predicted molar refractivity (Wildman–Crippen MR) is 119 cm³/mol. The van der Waals surface area contributed by atoms with Crippen molar-refractivity contribution in [3.63, 3.8) is 0 Å². The summed E-state index contributed by atoms with van der Waals surface area (Å²) in [5.74, 6) is -0.488. The van der Waals surface area contributed by atoms with Gasteiger partial charge in [0, 0.05) is 30.2 Å². The van der Waals surface area contributed by atoms with Crippen LogP contribution in [0.4, 0.5) is 5.69 Å². The maximum atomic E-state index is 13.1. The first-order valence-corrected chi connectivity index (χ1v) is 11.1. The van der Waals surface area contributed by atoms with E-state index in [2.05, 4.69) is 10.3 Å². The lowest BCUT2D eigenvalue weighted by atomic mass is 10.1. The van der Waals surface area contributed by atoms with Crippen LogP contribution in [0.3, 0.4) is 0 Å². The molecule has 3 aromatic rings. The van der Waals surface area contributed by atoms with Crippen LogP contribution in [0.1, 0.15) is 36.2 Å². The van der Waals surface area contributed by atoms with Gasteiger partial charge in [-0.25, -0.2) is 8.42 Å². The molecular formula is C22H25N3O4S. The fourth-order valence-corrected chi connectivity index (χ4v) is 4.27. The van der Waals surface area contributed by atoms with E-state index in [0.717, 1.165) is 12.0 Å². The Morgan fingerprint density at radius 1 is 1.20 bits per heavy atom. The van der Waals surface area contributed by atoms with Gasteiger partial charge in [0.2, 0.25) is 5.43 Å². The largest absolute Gasteiger partial charge is 0.360 e. The van der Waals surface area contributed by atoms with E-state index in [-0.39, 0.29) is 21.9 Å². The lowest BCUT2D eigenvalue weighted by Crippen LogP contribution is -2.35. The van der Waals surface area contributed by atoms with Crippen LogP contribution < -0.4 is 15.1 Å². The number of aromatic nitrogens is 1. The van der Waals surface area contributed by atoms with Crippen LogP contribution >= 0.6 is 0 Å². The van der Waals surface area contributed by atoms with Crippen molar-refractivity contribution >= 4 is 32.5 Å². The maximum Gasteiger partial charge on any atom is 0.264 e. The molecule has 2 aromatic carbocycles. The second-order valence-corrected chi connectivity index (χ2v) is 9.30. The Morgan fingerprint density at radius 3 is 2.60 bits per heavy atom. The highest BCUT2D eigenvalue weighted by Crippen LogP contribution is 2.24. The van der Waals surface area contributed by atoms with Gasteiger partial charge in [0.15, 0.2) is 0 Å². The number of rotatable bonds is 6. The van der Waals surface area contributed by atoms with E-state index < -0.39 is 21.4 Å². The molecule has 3 rings (SSSR count). The smallest absolute Gasteiger partial charge is 0.264 e. The third kappa shape index (κ3) is 4.09. The summed E-state index contributed by atoms with van der Waals surface area (Å²) in [7, 11) is -2.43. The lowest BCUT2D eigenvalue weighted by Gasteiger charge is -2.20. The molecule has 0 aliphatic rings. The number of hydrogen-bond acceptors (Lipinski definition) is 4. The van der Waals surface area contributed by atoms with Crippen molar-refractivity contribution in [2.45, 2.75) is 38.1 Å². The number of nitrogens with zero attached hydrogens (tertiary/aromatic N) is 1. The average molecular weight is 428 g/mol. The summed E-state index contributed by atoms with van der Waals surface area (Å²) < 4.78 is 27.4. The number of aryl methyl sites for hydroxylation is 1. The van der Waals surface area contributed by atoms with Crippen molar-refractivity contribution in [1.29, 1.82) is 0 Å². The molecule has 8 heteroatoms. The van der Waals surface area contributed by atoms with Crippen molar-refractivity contribution in [3.8, 4) is 0 Å². The summed E-state index contributed by atoms with van der Waals surface area (Å²) in [6.45, 7) is 5.65. The molecule has 0 aliphatic heterocycles.